The second kappa shape index (κ2) is 6.20. The van der Waals surface area contributed by atoms with Crippen molar-refractivity contribution in [2.45, 2.75) is 26.5 Å². The Kier molecular flexibility index (Phi) is 4.60. The summed E-state index contributed by atoms with van der Waals surface area (Å²) in [6.07, 6.45) is 1.86. The third kappa shape index (κ3) is 3.46. The molecule has 18 heavy (non-hydrogen) atoms. The summed E-state index contributed by atoms with van der Waals surface area (Å²) >= 11 is 5.24. The number of aromatic nitrogens is 1. The van der Waals surface area contributed by atoms with Crippen molar-refractivity contribution in [3.63, 3.8) is 0 Å². The lowest BCUT2D eigenvalue weighted by atomic mass is 10.3. The molecular formula is C13H15BrN2OS. The van der Waals surface area contributed by atoms with E-state index >= 15 is 0 Å². The summed E-state index contributed by atoms with van der Waals surface area (Å²) in [7, 11) is 0. The smallest absolute Gasteiger partial charge is 0.237 e. The fraction of sp³-hybridized carbons (Fsp3) is 0.308. The molecule has 0 saturated heterocycles. The average Bonchev–Trinajstić information content (AvgIpc) is 2.73. The maximum Gasteiger partial charge on any atom is 0.237 e. The van der Waals surface area contributed by atoms with Crippen LogP contribution in [0.4, 0.5) is 5.69 Å². The topological polar surface area (TPSA) is 34.1 Å². The van der Waals surface area contributed by atoms with E-state index in [2.05, 4.69) is 37.7 Å². The first kappa shape index (κ1) is 13.4. The fourth-order valence-electron chi connectivity index (χ4n) is 1.47. The number of ether oxygens (including phenoxy) is 1. The molecule has 0 amide bonds. The highest BCUT2D eigenvalue weighted by Gasteiger charge is 2.07. The van der Waals surface area contributed by atoms with Crippen LogP contribution >= 0.6 is 27.3 Å². The van der Waals surface area contributed by atoms with Gasteiger partial charge in [-0.1, -0.05) is 0 Å². The summed E-state index contributed by atoms with van der Waals surface area (Å²) in [6.45, 7) is 4.75. The molecule has 0 atom stereocenters. The molecule has 96 valence electrons. The van der Waals surface area contributed by atoms with E-state index in [9.17, 15) is 0 Å². The molecule has 0 fully saturated rings. The number of hydrogen-bond donors (Lipinski definition) is 1. The van der Waals surface area contributed by atoms with Crippen LogP contribution in [-0.4, -0.2) is 11.1 Å². The summed E-state index contributed by atoms with van der Waals surface area (Å²) in [4.78, 5) is 5.51. The molecular weight excluding hydrogens is 312 g/mol. The van der Waals surface area contributed by atoms with E-state index in [1.165, 1.54) is 4.88 Å². The van der Waals surface area contributed by atoms with Crippen LogP contribution in [0.15, 0.2) is 34.2 Å². The van der Waals surface area contributed by atoms with E-state index in [4.69, 9.17) is 4.74 Å². The maximum atomic E-state index is 5.66. The van der Waals surface area contributed by atoms with E-state index in [0.29, 0.717) is 5.88 Å². The van der Waals surface area contributed by atoms with Crippen LogP contribution in [0.25, 0.3) is 0 Å². The number of pyridine rings is 1. The molecule has 1 N–H and O–H groups in total. The molecule has 0 radical (unpaired) electrons. The predicted molar refractivity (Wildman–Crippen MR) is 79.3 cm³/mol. The highest BCUT2D eigenvalue weighted by Crippen LogP contribution is 2.26. The number of thiophene rings is 1. The second-order valence-corrected chi connectivity index (χ2v) is 5.92. The van der Waals surface area contributed by atoms with Crippen molar-refractivity contribution in [1.29, 1.82) is 0 Å². The van der Waals surface area contributed by atoms with Crippen molar-refractivity contribution >= 4 is 33.0 Å². The normalized spacial score (nSPS) is 10.7. The largest absolute Gasteiger partial charge is 0.473 e. The Morgan fingerprint density at radius 3 is 2.94 bits per heavy atom. The highest BCUT2D eigenvalue weighted by atomic mass is 79.9. The van der Waals surface area contributed by atoms with Gasteiger partial charge >= 0.3 is 0 Å². The molecule has 0 aromatic carbocycles. The number of rotatable bonds is 5. The molecule has 2 rings (SSSR count). The minimum atomic E-state index is 0.119. The van der Waals surface area contributed by atoms with Crippen molar-refractivity contribution in [2.75, 3.05) is 5.32 Å². The number of nitrogens with zero attached hydrogens (tertiary/aromatic N) is 1. The summed E-state index contributed by atoms with van der Waals surface area (Å²) in [5.41, 5.74) is 0.923. The van der Waals surface area contributed by atoms with Crippen molar-refractivity contribution < 1.29 is 4.74 Å². The lowest BCUT2D eigenvalue weighted by Crippen LogP contribution is -2.09. The molecule has 0 saturated carbocycles. The standard InChI is InChI=1S/C13H15BrN2OS/c1-9(2)17-13-11(4-3-6-15-13)16-8-12-10(14)5-7-18-12/h3-7,9,16H,8H2,1-2H3. The second-order valence-electron chi connectivity index (χ2n) is 4.07. The molecule has 2 aromatic rings. The molecule has 0 aliphatic heterocycles. The van der Waals surface area contributed by atoms with E-state index in [-0.39, 0.29) is 6.10 Å². The number of nitrogens with one attached hydrogen (secondary N) is 1. The summed E-state index contributed by atoms with van der Waals surface area (Å²) < 4.78 is 6.80. The van der Waals surface area contributed by atoms with Crippen LogP contribution in [0.2, 0.25) is 0 Å². The molecule has 0 unspecified atom stereocenters. The third-order valence-electron chi connectivity index (χ3n) is 2.25. The number of anilines is 1. The first-order chi connectivity index (χ1) is 8.66. The van der Waals surface area contributed by atoms with Gasteiger partial charge in [-0.25, -0.2) is 4.98 Å². The predicted octanol–water partition coefficient (Wildman–Crippen LogP) is 4.30. The van der Waals surface area contributed by atoms with Gasteiger partial charge in [0.05, 0.1) is 18.3 Å². The average molecular weight is 327 g/mol. The van der Waals surface area contributed by atoms with Gasteiger partial charge < -0.3 is 10.1 Å². The van der Waals surface area contributed by atoms with E-state index in [1.54, 1.807) is 17.5 Å². The van der Waals surface area contributed by atoms with Gasteiger partial charge in [0, 0.05) is 15.5 Å². The Morgan fingerprint density at radius 2 is 2.28 bits per heavy atom. The molecule has 2 aromatic heterocycles. The summed E-state index contributed by atoms with van der Waals surface area (Å²) in [5, 5.41) is 5.42. The zero-order valence-corrected chi connectivity index (χ0v) is 12.7. The Balaban J connectivity index is 2.07. The van der Waals surface area contributed by atoms with Crippen molar-refractivity contribution in [1.82, 2.24) is 4.98 Å². The van der Waals surface area contributed by atoms with Gasteiger partial charge in [0.15, 0.2) is 0 Å². The monoisotopic (exact) mass is 326 g/mol. The van der Waals surface area contributed by atoms with E-state index in [0.717, 1.165) is 16.7 Å². The van der Waals surface area contributed by atoms with Crippen LogP contribution in [0.1, 0.15) is 18.7 Å². The van der Waals surface area contributed by atoms with Crippen LogP contribution < -0.4 is 10.1 Å². The summed E-state index contributed by atoms with van der Waals surface area (Å²) in [5.74, 6) is 0.653. The van der Waals surface area contributed by atoms with Gasteiger partial charge in [0.1, 0.15) is 0 Å². The van der Waals surface area contributed by atoms with Crippen molar-refractivity contribution in [3.8, 4) is 5.88 Å². The minimum Gasteiger partial charge on any atom is -0.473 e. The van der Waals surface area contributed by atoms with Gasteiger partial charge in [-0.3, -0.25) is 0 Å². The molecule has 0 aliphatic carbocycles. The quantitative estimate of drug-likeness (QED) is 0.889. The van der Waals surface area contributed by atoms with Crippen LogP contribution in [-0.2, 0) is 6.54 Å². The first-order valence-corrected chi connectivity index (χ1v) is 7.41. The van der Waals surface area contributed by atoms with Crippen LogP contribution in [0.5, 0.6) is 5.88 Å². The van der Waals surface area contributed by atoms with Crippen molar-refractivity contribution in [2.24, 2.45) is 0 Å². The van der Waals surface area contributed by atoms with Crippen molar-refractivity contribution in [3.05, 3.63) is 39.1 Å². The maximum absolute atomic E-state index is 5.66. The Labute approximate surface area is 119 Å². The molecule has 0 spiro atoms. The zero-order valence-electron chi connectivity index (χ0n) is 10.3. The molecule has 2 heterocycles. The SMILES string of the molecule is CC(C)Oc1ncccc1NCc1sccc1Br. The minimum absolute atomic E-state index is 0.119. The van der Waals surface area contributed by atoms with Gasteiger partial charge in [-0.15, -0.1) is 11.3 Å². The van der Waals surface area contributed by atoms with Gasteiger partial charge in [0.25, 0.3) is 0 Å². The fourth-order valence-corrected chi connectivity index (χ4v) is 2.90. The molecule has 0 bridgehead atoms. The van der Waals surface area contributed by atoms with Gasteiger partial charge in [0.2, 0.25) is 5.88 Å². The zero-order chi connectivity index (χ0) is 13.0. The number of halogens is 1. The first-order valence-electron chi connectivity index (χ1n) is 5.74. The third-order valence-corrected chi connectivity index (χ3v) is 4.18. The van der Waals surface area contributed by atoms with Crippen LogP contribution in [0, 0.1) is 0 Å². The van der Waals surface area contributed by atoms with E-state index < -0.39 is 0 Å². The van der Waals surface area contributed by atoms with Gasteiger partial charge in [-0.2, -0.15) is 0 Å². The van der Waals surface area contributed by atoms with Gasteiger partial charge in [-0.05, 0) is 53.4 Å². The lowest BCUT2D eigenvalue weighted by molar-refractivity contribution is 0.234. The summed E-state index contributed by atoms with van der Waals surface area (Å²) in [6, 6.07) is 5.93. The van der Waals surface area contributed by atoms with E-state index in [1.807, 2.05) is 26.0 Å². The Bertz CT molecular complexity index is 513. The Hall–Kier alpha value is -1.07. The van der Waals surface area contributed by atoms with Crippen LogP contribution in [0.3, 0.4) is 0 Å². The molecule has 0 aliphatic rings. The molecule has 3 nitrogen and oxygen atoms in total. The highest BCUT2D eigenvalue weighted by molar-refractivity contribution is 9.10. The Morgan fingerprint density at radius 1 is 1.44 bits per heavy atom. The number of hydrogen-bond acceptors (Lipinski definition) is 4. The molecule has 5 heteroatoms. The lowest BCUT2D eigenvalue weighted by Gasteiger charge is -2.13.